The number of H-pyrrole nitrogens is 1. The summed E-state index contributed by atoms with van der Waals surface area (Å²) in [5.41, 5.74) is 2.36. The number of carboxylic acids is 1. The second kappa shape index (κ2) is 8.62. The first-order valence-electron chi connectivity index (χ1n) is 12.4. The van der Waals surface area contributed by atoms with Crippen LogP contribution < -0.4 is 4.87 Å². The van der Waals surface area contributed by atoms with Gasteiger partial charge >= 0.3 is 10.8 Å². The first-order valence-corrected chi connectivity index (χ1v) is 14.1. The fourth-order valence-corrected chi connectivity index (χ4v) is 10.1. The summed E-state index contributed by atoms with van der Waals surface area (Å²) in [6.45, 7) is 2.44. The molecule has 0 spiro atoms. The van der Waals surface area contributed by atoms with Gasteiger partial charge in [0.2, 0.25) is 11.8 Å². The van der Waals surface area contributed by atoms with Crippen molar-refractivity contribution in [2.75, 3.05) is 6.54 Å². The van der Waals surface area contributed by atoms with E-state index in [-0.39, 0.29) is 63.9 Å². The maximum Gasteiger partial charge on any atom is 0.305 e. The van der Waals surface area contributed by atoms with Gasteiger partial charge in [-0.15, -0.1) is 11.8 Å². The fraction of sp³-hybridized carbons (Fsp3) is 0.538. The van der Waals surface area contributed by atoms with E-state index in [1.807, 2.05) is 0 Å². The lowest BCUT2D eigenvalue weighted by Crippen LogP contribution is -2.42. The van der Waals surface area contributed by atoms with Gasteiger partial charge in [0.25, 0.3) is 0 Å². The van der Waals surface area contributed by atoms with Crippen molar-refractivity contribution < 1.29 is 19.5 Å². The van der Waals surface area contributed by atoms with Crippen molar-refractivity contribution >= 4 is 40.9 Å². The fourth-order valence-electron chi connectivity index (χ4n) is 7.17. The predicted molar refractivity (Wildman–Crippen MR) is 132 cm³/mol. The van der Waals surface area contributed by atoms with Crippen LogP contribution in [0, 0.1) is 36.5 Å². The molecule has 4 aliphatic rings. The van der Waals surface area contributed by atoms with Crippen LogP contribution in [0.4, 0.5) is 0 Å². The highest BCUT2D eigenvalue weighted by molar-refractivity contribution is 8.00. The average molecular weight is 513 g/mol. The molecule has 35 heavy (non-hydrogen) atoms. The molecule has 1 saturated heterocycles. The number of thiazole rings is 1. The number of aromatic amines is 1. The summed E-state index contributed by atoms with van der Waals surface area (Å²) in [6, 6.07) is 8.51. The van der Waals surface area contributed by atoms with Gasteiger partial charge in [0.15, 0.2) is 0 Å². The number of nitrogens with one attached hydrogen (secondary N) is 1. The lowest BCUT2D eigenvalue weighted by atomic mass is 9.68. The van der Waals surface area contributed by atoms with Crippen LogP contribution in [0.2, 0.25) is 0 Å². The Hall–Kier alpha value is -2.39. The zero-order chi connectivity index (χ0) is 24.4. The minimum atomic E-state index is -0.817. The van der Waals surface area contributed by atoms with Crippen molar-refractivity contribution in [3.63, 3.8) is 0 Å². The van der Waals surface area contributed by atoms with E-state index < -0.39 is 5.97 Å². The molecule has 184 valence electrons. The normalized spacial score (nSPS) is 32.6. The Morgan fingerprint density at radius 3 is 2.49 bits per heavy atom. The summed E-state index contributed by atoms with van der Waals surface area (Å²) in [4.78, 5) is 55.5. The standard InChI is InChI=1S/C26H28N2O5S2/c1-12-6-8-13(9-7-12)17-18-14-11-15(21(18)34-23-22(17)35-26(33)27-23)20-19(14)24(31)28(25(20)32)10-4-2-3-5-16(29)30/h6-9,14-15,17-21H,2-5,10-11H2,1H3,(H,27,33)(H,29,30)/t14-,15+,17+,18+,19+,20+,21-/m1/s1. The number of fused-ring (bicyclic) bond motifs is 9. The number of carbonyl (C=O) groups is 3. The van der Waals surface area contributed by atoms with Crippen molar-refractivity contribution in [3.8, 4) is 0 Å². The monoisotopic (exact) mass is 512 g/mol. The van der Waals surface area contributed by atoms with Gasteiger partial charge in [-0.2, -0.15) is 0 Å². The number of aromatic nitrogens is 1. The summed E-state index contributed by atoms with van der Waals surface area (Å²) >= 11 is 2.99. The highest BCUT2D eigenvalue weighted by Gasteiger charge is 2.69. The number of thioether (sulfide) groups is 1. The number of likely N-dealkylation sites (tertiary alicyclic amines) is 1. The molecule has 2 saturated carbocycles. The maximum atomic E-state index is 13.5. The molecular formula is C26H28N2O5S2. The second-order valence-electron chi connectivity index (χ2n) is 10.4. The summed E-state index contributed by atoms with van der Waals surface area (Å²) in [5, 5.41) is 9.97. The summed E-state index contributed by atoms with van der Waals surface area (Å²) in [7, 11) is 0. The number of hydrogen-bond acceptors (Lipinski definition) is 6. The van der Waals surface area contributed by atoms with E-state index in [0.717, 1.165) is 16.3 Å². The number of aryl methyl sites for hydroxylation is 1. The van der Waals surface area contributed by atoms with Gasteiger partial charge in [0, 0.05) is 29.0 Å². The lowest BCUT2D eigenvalue weighted by molar-refractivity contribution is -0.141. The molecule has 2 bridgehead atoms. The third-order valence-corrected chi connectivity index (χ3v) is 11.1. The van der Waals surface area contributed by atoms with E-state index in [2.05, 4.69) is 36.2 Å². The Bertz CT molecular complexity index is 1250. The van der Waals surface area contributed by atoms with Crippen LogP contribution >= 0.6 is 23.1 Å². The van der Waals surface area contributed by atoms with Crippen LogP contribution in [0.5, 0.6) is 0 Å². The first kappa shape index (κ1) is 23.0. The summed E-state index contributed by atoms with van der Waals surface area (Å²) in [5.74, 6) is -0.867. The number of amides is 2. The van der Waals surface area contributed by atoms with Crippen molar-refractivity contribution in [1.29, 1.82) is 0 Å². The van der Waals surface area contributed by atoms with E-state index >= 15 is 0 Å². The molecule has 1 aromatic carbocycles. The van der Waals surface area contributed by atoms with Crippen LogP contribution in [-0.4, -0.2) is 44.6 Å². The molecule has 2 amide bonds. The summed E-state index contributed by atoms with van der Waals surface area (Å²) < 4.78 is 0. The highest BCUT2D eigenvalue weighted by Crippen LogP contribution is 2.68. The average Bonchev–Trinajstić information content (AvgIpc) is 3.54. The molecule has 7 nitrogen and oxygen atoms in total. The molecule has 6 rings (SSSR count). The molecule has 0 radical (unpaired) electrons. The Morgan fingerprint density at radius 1 is 1.06 bits per heavy atom. The van der Waals surface area contributed by atoms with Crippen LogP contribution in [0.1, 0.15) is 54.0 Å². The molecule has 3 heterocycles. The van der Waals surface area contributed by atoms with Crippen LogP contribution in [-0.2, 0) is 14.4 Å². The van der Waals surface area contributed by atoms with Gasteiger partial charge in [0.1, 0.15) is 0 Å². The molecular weight excluding hydrogens is 484 g/mol. The Labute approximate surface area is 211 Å². The lowest BCUT2D eigenvalue weighted by Gasteiger charge is -2.43. The van der Waals surface area contributed by atoms with E-state index in [1.165, 1.54) is 27.4 Å². The molecule has 3 fully saturated rings. The Balaban J connectivity index is 1.28. The van der Waals surface area contributed by atoms with Gasteiger partial charge in [-0.05, 0) is 49.5 Å². The molecule has 2 aliphatic carbocycles. The molecule has 9 heteroatoms. The maximum absolute atomic E-state index is 13.5. The SMILES string of the molecule is Cc1ccc([C@@H]2c3sc(=O)[nH]c3S[C@@H]3[C@H]4C[C@@H]([C@@H]5C(=O)N(CCCCCC(=O)O)C(=O)[C@@H]45)[C@@H]23)cc1. The van der Waals surface area contributed by atoms with Gasteiger partial charge in [-0.1, -0.05) is 47.6 Å². The zero-order valence-electron chi connectivity index (χ0n) is 19.4. The number of carbonyl (C=O) groups excluding carboxylic acids is 2. The minimum Gasteiger partial charge on any atom is -0.481 e. The third-order valence-electron chi connectivity index (χ3n) is 8.52. The zero-order valence-corrected chi connectivity index (χ0v) is 21.1. The van der Waals surface area contributed by atoms with Gasteiger partial charge in [-0.25, -0.2) is 0 Å². The number of hydrogen-bond donors (Lipinski definition) is 2. The van der Waals surface area contributed by atoms with Crippen LogP contribution in [0.25, 0.3) is 0 Å². The number of imide groups is 1. The third kappa shape index (κ3) is 3.61. The first-order chi connectivity index (χ1) is 16.8. The van der Waals surface area contributed by atoms with Crippen molar-refractivity contribution in [1.82, 2.24) is 9.88 Å². The molecule has 7 atom stereocenters. The van der Waals surface area contributed by atoms with Crippen molar-refractivity contribution in [2.45, 2.75) is 55.2 Å². The van der Waals surface area contributed by atoms with Crippen molar-refractivity contribution in [2.24, 2.45) is 29.6 Å². The number of aliphatic carboxylic acids is 1. The minimum absolute atomic E-state index is 0.0371. The number of benzene rings is 1. The number of nitrogens with zero attached hydrogens (tertiary/aromatic N) is 1. The van der Waals surface area contributed by atoms with Gasteiger partial charge in [-0.3, -0.25) is 24.1 Å². The van der Waals surface area contributed by atoms with Gasteiger partial charge in [0.05, 0.1) is 16.9 Å². The topological polar surface area (TPSA) is 108 Å². The molecule has 2 N–H and O–H groups in total. The van der Waals surface area contributed by atoms with E-state index in [9.17, 15) is 19.2 Å². The van der Waals surface area contributed by atoms with E-state index in [1.54, 1.807) is 11.8 Å². The van der Waals surface area contributed by atoms with E-state index in [0.29, 0.717) is 25.8 Å². The van der Waals surface area contributed by atoms with Crippen molar-refractivity contribution in [3.05, 3.63) is 49.9 Å². The molecule has 2 aliphatic heterocycles. The van der Waals surface area contributed by atoms with Crippen LogP contribution in [0.3, 0.4) is 0 Å². The molecule has 1 aromatic heterocycles. The summed E-state index contributed by atoms with van der Waals surface area (Å²) in [6.07, 6.45) is 2.90. The second-order valence-corrected chi connectivity index (χ2v) is 12.6. The number of carboxylic acid groups (broad SMARTS) is 1. The molecule has 0 unspecified atom stereocenters. The number of unbranched alkanes of at least 4 members (excludes halogenated alkanes) is 2. The van der Waals surface area contributed by atoms with Crippen LogP contribution in [0.15, 0.2) is 34.1 Å². The Kier molecular flexibility index (Phi) is 5.67. The molecule has 2 aromatic rings. The highest BCUT2D eigenvalue weighted by atomic mass is 32.2. The smallest absolute Gasteiger partial charge is 0.305 e. The quantitative estimate of drug-likeness (QED) is 0.431. The largest absolute Gasteiger partial charge is 0.481 e. The van der Waals surface area contributed by atoms with Gasteiger partial charge < -0.3 is 10.1 Å². The van der Waals surface area contributed by atoms with E-state index in [4.69, 9.17) is 5.11 Å². The number of rotatable bonds is 7. The Morgan fingerprint density at radius 2 is 1.77 bits per heavy atom. The predicted octanol–water partition coefficient (Wildman–Crippen LogP) is 3.86.